The Labute approximate surface area is 114 Å². The highest BCUT2D eigenvalue weighted by Crippen LogP contribution is 2.26. The van der Waals surface area contributed by atoms with Crippen LogP contribution in [0.2, 0.25) is 5.02 Å². The van der Waals surface area contributed by atoms with Gasteiger partial charge in [0.05, 0.1) is 5.02 Å². The summed E-state index contributed by atoms with van der Waals surface area (Å²) < 4.78 is 5.53. The molecule has 0 spiro atoms. The molecule has 0 saturated carbocycles. The summed E-state index contributed by atoms with van der Waals surface area (Å²) >= 11 is 6.01. The van der Waals surface area contributed by atoms with Crippen LogP contribution in [-0.2, 0) is 0 Å². The average molecular weight is 272 g/mol. The first-order valence-electron chi connectivity index (χ1n) is 6.04. The second kappa shape index (κ2) is 5.91. The fraction of sp³-hybridized carbons (Fsp3) is 0.571. The van der Waals surface area contributed by atoms with Gasteiger partial charge in [0.2, 0.25) is 0 Å². The first-order valence-corrected chi connectivity index (χ1v) is 6.42. The minimum atomic E-state index is -0.721. The van der Waals surface area contributed by atoms with Crippen LogP contribution in [0.3, 0.4) is 0 Å². The molecule has 0 aliphatic rings. The summed E-state index contributed by atoms with van der Waals surface area (Å²) in [5, 5.41) is 10.5. The zero-order chi connectivity index (χ0) is 13.9. The van der Waals surface area contributed by atoms with Crippen molar-refractivity contribution in [1.82, 2.24) is 0 Å². The maximum atomic E-state index is 9.98. The van der Waals surface area contributed by atoms with E-state index in [0.717, 1.165) is 5.56 Å². The largest absolute Gasteiger partial charge is 0.489 e. The molecule has 0 bridgehead atoms. The number of aryl methyl sites for hydroxylation is 1. The van der Waals surface area contributed by atoms with Gasteiger partial charge in [0.15, 0.2) is 0 Å². The van der Waals surface area contributed by atoms with E-state index < -0.39 is 6.10 Å². The number of halogens is 1. The molecule has 0 fully saturated rings. The number of ether oxygens (including phenoxy) is 1. The summed E-state index contributed by atoms with van der Waals surface area (Å²) in [4.78, 5) is 0. The lowest BCUT2D eigenvalue weighted by atomic mass is 9.84. The second-order valence-electron chi connectivity index (χ2n) is 5.70. The average Bonchev–Trinajstić information content (AvgIpc) is 2.27. The van der Waals surface area contributed by atoms with Crippen molar-refractivity contribution in [2.24, 2.45) is 11.1 Å². The van der Waals surface area contributed by atoms with Gasteiger partial charge >= 0.3 is 0 Å². The smallest absolute Gasteiger partial charge is 0.138 e. The zero-order valence-corrected chi connectivity index (χ0v) is 12.2. The number of aliphatic hydroxyl groups excluding tert-OH is 1. The molecule has 1 rings (SSSR count). The lowest BCUT2D eigenvalue weighted by molar-refractivity contribution is 0.0496. The molecular weight excluding hydrogens is 250 g/mol. The molecule has 4 heteroatoms. The molecule has 18 heavy (non-hydrogen) atoms. The van der Waals surface area contributed by atoms with Crippen LogP contribution in [0.15, 0.2) is 18.2 Å². The Kier molecular flexibility index (Phi) is 5.02. The molecule has 102 valence electrons. The van der Waals surface area contributed by atoms with Gasteiger partial charge in [-0.1, -0.05) is 38.4 Å². The Bertz CT molecular complexity index is 401. The van der Waals surface area contributed by atoms with Crippen LogP contribution in [0.25, 0.3) is 0 Å². The van der Waals surface area contributed by atoms with Gasteiger partial charge in [-0.2, -0.15) is 0 Å². The van der Waals surface area contributed by atoms with Crippen molar-refractivity contribution in [2.75, 3.05) is 6.61 Å². The number of hydrogen-bond acceptors (Lipinski definition) is 3. The highest BCUT2D eigenvalue weighted by Gasteiger charge is 2.28. The second-order valence-corrected chi connectivity index (χ2v) is 6.11. The van der Waals surface area contributed by atoms with Crippen LogP contribution in [0.5, 0.6) is 5.75 Å². The Hall–Kier alpha value is -0.770. The predicted molar refractivity (Wildman–Crippen MR) is 75.1 cm³/mol. The summed E-state index contributed by atoms with van der Waals surface area (Å²) in [6.45, 7) is 8.06. The Balaban J connectivity index is 2.62. The molecule has 3 nitrogen and oxygen atoms in total. The van der Waals surface area contributed by atoms with Crippen LogP contribution in [0, 0.1) is 12.3 Å². The maximum Gasteiger partial charge on any atom is 0.138 e. The van der Waals surface area contributed by atoms with Crippen molar-refractivity contribution < 1.29 is 9.84 Å². The van der Waals surface area contributed by atoms with Crippen LogP contribution >= 0.6 is 11.6 Å². The van der Waals surface area contributed by atoms with Crippen molar-refractivity contribution in [3.63, 3.8) is 0 Å². The van der Waals surface area contributed by atoms with E-state index in [0.29, 0.717) is 10.8 Å². The van der Waals surface area contributed by atoms with Gasteiger partial charge in [-0.3, -0.25) is 0 Å². The van der Waals surface area contributed by atoms with Crippen molar-refractivity contribution in [2.45, 2.75) is 39.8 Å². The lowest BCUT2D eigenvalue weighted by Gasteiger charge is -2.31. The molecule has 3 N–H and O–H groups in total. The molecular formula is C14H22ClNO2. The van der Waals surface area contributed by atoms with Gasteiger partial charge in [-0.15, -0.1) is 0 Å². The third-order valence-corrected chi connectivity index (χ3v) is 3.22. The lowest BCUT2D eigenvalue weighted by Crippen LogP contribution is -2.47. The Morgan fingerprint density at radius 3 is 2.56 bits per heavy atom. The van der Waals surface area contributed by atoms with Gasteiger partial charge in [0.1, 0.15) is 18.5 Å². The fourth-order valence-corrected chi connectivity index (χ4v) is 1.75. The minimum absolute atomic E-state index is 0.140. The number of aliphatic hydroxyl groups is 1. The number of nitrogens with two attached hydrogens (primary N) is 1. The van der Waals surface area contributed by atoms with E-state index in [9.17, 15) is 5.11 Å². The van der Waals surface area contributed by atoms with E-state index in [1.807, 2.05) is 39.8 Å². The molecule has 1 aromatic rings. The highest BCUT2D eigenvalue weighted by molar-refractivity contribution is 6.32. The number of rotatable bonds is 4. The zero-order valence-electron chi connectivity index (χ0n) is 11.4. The molecule has 1 unspecified atom stereocenters. The third kappa shape index (κ3) is 4.16. The van der Waals surface area contributed by atoms with Gasteiger partial charge in [-0.05, 0) is 30.0 Å². The summed E-state index contributed by atoms with van der Waals surface area (Å²) in [5.41, 5.74) is 6.86. The van der Waals surface area contributed by atoms with Gasteiger partial charge < -0.3 is 15.6 Å². The van der Waals surface area contributed by atoms with Crippen LogP contribution in [-0.4, -0.2) is 23.9 Å². The van der Waals surface area contributed by atoms with E-state index in [1.54, 1.807) is 6.07 Å². The van der Waals surface area contributed by atoms with E-state index in [1.165, 1.54) is 0 Å². The maximum absolute atomic E-state index is 9.98. The monoisotopic (exact) mass is 271 g/mol. The molecule has 2 atom stereocenters. The highest BCUT2D eigenvalue weighted by atomic mass is 35.5. The molecule has 0 saturated heterocycles. The summed E-state index contributed by atoms with van der Waals surface area (Å²) in [6, 6.07) is 5.19. The molecule has 0 amide bonds. The van der Waals surface area contributed by atoms with E-state index in [4.69, 9.17) is 22.1 Å². The normalized spacial score (nSPS) is 15.3. The first kappa shape index (κ1) is 15.3. The van der Waals surface area contributed by atoms with Crippen LogP contribution in [0.1, 0.15) is 26.3 Å². The Morgan fingerprint density at radius 2 is 2.00 bits per heavy atom. The van der Waals surface area contributed by atoms with Crippen molar-refractivity contribution in [3.05, 3.63) is 28.8 Å². The summed E-state index contributed by atoms with van der Waals surface area (Å²) in [6.07, 6.45) is -0.721. The number of benzene rings is 1. The predicted octanol–water partition coefficient (Wildman–Crippen LogP) is 2.76. The topological polar surface area (TPSA) is 55.5 Å². The van der Waals surface area contributed by atoms with Gasteiger partial charge in [0, 0.05) is 6.04 Å². The SMILES string of the molecule is Cc1ccc(Cl)c(OC[C@@H](O)C(N)C(C)(C)C)c1. The van der Waals surface area contributed by atoms with Gasteiger partial charge in [0.25, 0.3) is 0 Å². The molecule has 1 aromatic carbocycles. The standard InChI is InChI=1S/C14H22ClNO2/c1-9-5-6-10(15)12(7-9)18-8-11(17)13(16)14(2,3)4/h5-7,11,13,17H,8,16H2,1-4H3/t11-,13?/m1/s1. The van der Waals surface area contributed by atoms with E-state index >= 15 is 0 Å². The summed E-state index contributed by atoms with van der Waals surface area (Å²) in [5.74, 6) is 0.580. The molecule has 0 heterocycles. The first-order chi connectivity index (χ1) is 8.21. The van der Waals surface area contributed by atoms with E-state index in [2.05, 4.69) is 0 Å². The quantitative estimate of drug-likeness (QED) is 0.885. The van der Waals surface area contributed by atoms with Crippen molar-refractivity contribution in [1.29, 1.82) is 0 Å². The van der Waals surface area contributed by atoms with Crippen LogP contribution < -0.4 is 10.5 Å². The van der Waals surface area contributed by atoms with Crippen LogP contribution in [0.4, 0.5) is 0 Å². The summed E-state index contributed by atoms with van der Waals surface area (Å²) in [7, 11) is 0. The third-order valence-electron chi connectivity index (χ3n) is 2.91. The minimum Gasteiger partial charge on any atom is -0.489 e. The van der Waals surface area contributed by atoms with Gasteiger partial charge in [-0.25, -0.2) is 0 Å². The number of hydrogen-bond donors (Lipinski definition) is 2. The molecule has 0 aromatic heterocycles. The van der Waals surface area contributed by atoms with E-state index in [-0.39, 0.29) is 18.1 Å². The Morgan fingerprint density at radius 1 is 1.39 bits per heavy atom. The van der Waals surface area contributed by atoms with Crippen molar-refractivity contribution >= 4 is 11.6 Å². The molecule has 0 radical (unpaired) electrons. The van der Waals surface area contributed by atoms with Crippen molar-refractivity contribution in [3.8, 4) is 5.75 Å². The molecule has 0 aliphatic heterocycles. The molecule has 0 aliphatic carbocycles. The fourth-order valence-electron chi connectivity index (χ4n) is 1.58.